The molecule has 0 radical (unpaired) electrons. The summed E-state index contributed by atoms with van der Waals surface area (Å²) in [6.07, 6.45) is 4.61. The first-order valence-corrected chi connectivity index (χ1v) is 16.7. The lowest BCUT2D eigenvalue weighted by atomic mass is 9.85. The van der Waals surface area contributed by atoms with Gasteiger partial charge < -0.3 is 9.80 Å². The van der Waals surface area contributed by atoms with Crippen molar-refractivity contribution >= 4 is 44.3 Å². The van der Waals surface area contributed by atoms with E-state index in [0.717, 1.165) is 38.8 Å². The molecule has 0 atom stereocenters. The van der Waals surface area contributed by atoms with Crippen LogP contribution in [0.1, 0.15) is 24.0 Å². The molecular weight excluding hydrogens is 556 g/mol. The van der Waals surface area contributed by atoms with E-state index in [4.69, 9.17) is 0 Å². The van der Waals surface area contributed by atoms with E-state index in [-0.39, 0.29) is 0 Å². The summed E-state index contributed by atoms with van der Waals surface area (Å²) in [6.45, 7) is 2.06. The van der Waals surface area contributed by atoms with Crippen molar-refractivity contribution in [2.24, 2.45) is 0 Å². The fraction of sp³-hybridized carbons (Fsp3) is 0.136. The highest BCUT2D eigenvalue weighted by Gasteiger charge is 2.23. The number of hydrogen-bond acceptors (Lipinski definition) is 2. The first kappa shape index (κ1) is 27.0. The third kappa shape index (κ3) is 4.48. The fourth-order valence-corrected chi connectivity index (χ4v) is 7.98. The molecule has 0 saturated carbocycles. The van der Waals surface area contributed by atoms with Crippen molar-refractivity contribution in [3.63, 3.8) is 0 Å². The number of nitrogens with zero attached hydrogens (tertiary/aromatic N) is 2. The molecule has 0 N–H and O–H groups in total. The Labute approximate surface area is 271 Å². The molecule has 7 aromatic carbocycles. The van der Waals surface area contributed by atoms with Gasteiger partial charge in [-0.1, -0.05) is 109 Å². The van der Waals surface area contributed by atoms with Crippen LogP contribution in [0.3, 0.4) is 0 Å². The highest BCUT2D eigenvalue weighted by Crippen LogP contribution is 2.47. The van der Waals surface area contributed by atoms with Gasteiger partial charge in [0.05, 0.1) is 0 Å². The molecule has 0 spiro atoms. The van der Waals surface area contributed by atoms with Crippen molar-refractivity contribution in [2.75, 3.05) is 22.9 Å². The first-order chi connectivity index (χ1) is 22.8. The zero-order chi connectivity index (χ0) is 30.5. The van der Waals surface area contributed by atoms with Crippen LogP contribution in [0.15, 0.2) is 146 Å². The molecule has 222 valence electrons. The molecule has 0 saturated heterocycles. The summed E-state index contributed by atoms with van der Waals surface area (Å²) in [5, 5.41) is 5.19. The number of anilines is 4. The van der Waals surface area contributed by atoms with Crippen LogP contribution < -0.4 is 9.80 Å². The van der Waals surface area contributed by atoms with E-state index in [2.05, 4.69) is 155 Å². The van der Waals surface area contributed by atoms with Crippen LogP contribution in [-0.4, -0.2) is 13.1 Å². The first-order valence-electron chi connectivity index (χ1n) is 16.7. The Morgan fingerprint density at radius 2 is 0.783 bits per heavy atom. The van der Waals surface area contributed by atoms with Crippen LogP contribution in [0.25, 0.3) is 43.8 Å². The molecule has 9 rings (SSSR count). The summed E-state index contributed by atoms with van der Waals surface area (Å²) in [5.41, 5.74) is 13.2. The predicted molar refractivity (Wildman–Crippen MR) is 196 cm³/mol. The monoisotopic (exact) mass is 592 g/mol. The fourth-order valence-electron chi connectivity index (χ4n) is 7.98. The predicted octanol–water partition coefficient (Wildman–Crippen LogP) is 11.5. The van der Waals surface area contributed by atoms with Crippen molar-refractivity contribution in [1.82, 2.24) is 0 Å². The second kappa shape index (κ2) is 11.2. The number of hydrogen-bond donors (Lipinski definition) is 0. The second-order valence-electron chi connectivity index (χ2n) is 12.7. The molecule has 0 bridgehead atoms. The van der Waals surface area contributed by atoms with Crippen LogP contribution >= 0.6 is 0 Å². The average Bonchev–Trinajstić information content (AvgIpc) is 3.13. The van der Waals surface area contributed by atoms with Crippen molar-refractivity contribution in [3.8, 4) is 22.3 Å². The lowest BCUT2D eigenvalue weighted by Gasteiger charge is -2.32. The summed E-state index contributed by atoms with van der Waals surface area (Å²) in [6, 6.07) is 54.2. The summed E-state index contributed by atoms with van der Waals surface area (Å²) >= 11 is 0. The highest BCUT2D eigenvalue weighted by atomic mass is 15.1. The molecule has 7 aromatic rings. The van der Waals surface area contributed by atoms with Gasteiger partial charge in [0, 0.05) is 35.8 Å². The smallest absolute Gasteiger partial charge is 0.0443 e. The Morgan fingerprint density at radius 1 is 0.370 bits per heavy atom. The minimum absolute atomic E-state index is 1.03. The minimum Gasteiger partial charge on any atom is -0.341 e. The van der Waals surface area contributed by atoms with Gasteiger partial charge in [-0.3, -0.25) is 0 Å². The molecule has 2 heteroatoms. The molecule has 0 fully saturated rings. The largest absolute Gasteiger partial charge is 0.341 e. The van der Waals surface area contributed by atoms with Gasteiger partial charge >= 0.3 is 0 Å². The van der Waals surface area contributed by atoms with Gasteiger partial charge in [0.15, 0.2) is 0 Å². The van der Waals surface area contributed by atoms with Gasteiger partial charge in [0.25, 0.3) is 0 Å². The van der Waals surface area contributed by atoms with Crippen molar-refractivity contribution < 1.29 is 0 Å². The summed E-state index contributed by atoms with van der Waals surface area (Å²) in [4.78, 5) is 5.05. The normalized spacial score (nSPS) is 14.3. The molecule has 0 aliphatic carbocycles. The Hall–Kier alpha value is -5.34. The van der Waals surface area contributed by atoms with Crippen LogP contribution in [0.5, 0.6) is 0 Å². The maximum atomic E-state index is 2.52. The van der Waals surface area contributed by atoms with Crippen LogP contribution in [0.4, 0.5) is 22.7 Å². The zero-order valence-corrected chi connectivity index (χ0v) is 26.0. The number of fused-ring (bicyclic) bond motifs is 4. The van der Waals surface area contributed by atoms with Gasteiger partial charge in [-0.15, -0.1) is 0 Å². The van der Waals surface area contributed by atoms with E-state index < -0.39 is 0 Å². The van der Waals surface area contributed by atoms with Crippen LogP contribution in [0, 0.1) is 0 Å². The van der Waals surface area contributed by atoms with E-state index in [0.29, 0.717) is 0 Å². The van der Waals surface area contributed by atoms with E-state index >= 15 is 0 Å². The number of benzene rings is 7. The average molecular weight is 593 g/mol. The minimum atomic E-state index is 1.03. The second-order valence-corrected chi connectivity index (χ2v) is 12.7. The van der Waals surface area contributed by atoms with Gasteiger partial charge in [-0.25, -0.2) is 0 Å². The third-order valence-corrected chi connectivity index (χ3v) is 10.1. The molecule has 2 aliphatic rings. The zero-order valence-electron chi connectivity index (χ0n) is 26.0. The quantitative estimate of drug-likeness (QED) is 0.188. The SMILES string of the molecule is c1ccc(-c2c3ccc(N4CCCc5ccccc54)cc3c(-c3ccccc3)c3ccc(N4CCCc5ccccc54)cc23)cc1. The van der Waals surface area contributed by atoms with E-state index in [1.54, 1.807) is 0 Å². The maximum absolute atomic E-state index is 2.52. The summed E-state index contributed by atoms with van der Waals surface area (Å²) in [7, 11) is 0. The third-order valence-electron chi connectivity index (χ3n) is 10.1. The van der Waals surface area contributed by atoms with Crippen LogP contribution in [-0.2, 0) is 12.8 Å². The lowest BCUT2D eigenvalue weighted by molar-refractivity contribution is 0.767. The van der Waals surface area contributed by atoms with Gasteiger partial charge in [-0.05, 0) is 117 Å². The van der Waals surface area contributed by atoms with Crippen molar-refractivity contribution in [1.29, 1.82) is 0 Å². The summed E-state index contributed by atoms with van der Waals surface area (Å²) < 4.78 is 0. The molecular formula is C44H36N2. The van der Waals surface area contributed by atoms with Crippen molar-refractivity contribution in [2.45, 2.75) is 25.7 Å². The lowest BCUT2D eigenvalue weighted by Crippen LogP contribution is -2.24. The molecule has 2 heterocycles. The molecule has 0 unspecified atom stereocenters. The van der Waals surface area contributed by atoms with E-state index in [9.17, 15) is 0 Å². The molecule has 0 aromatic heterocycles. The maximum Gasteiger partial charge on any atom is 0.0443 e. The van der Waals surface area contributed by atoms with E-state index in [1.807, 2.05) is 0 Å². The van der Waals surface area contributed by atoms with Crippen molar-refractivity contribution in [3.05, 3.63) is 157 Å². The Kier molecular flexibility index (Phi) is 6.59. The topological polar surface area (TPSA) is 6.48 Å². The van der Waals surface area contributed by atoms with Gasteiger partial charge in [0.1, 0.15) is 0 Å². The van der Waals surface area contributed by atoms with Gasteiger partial charge in [0.2, 0.25) is 0 Å². The Morgan fingerprint density at radius 3 is 1.24 bits per heavy atom. The number of para-hydroxylation sites is 2. The molecule has 46 heavy (non-hydrogen) atoms. The van der Waals surface area contributed by atoms with Gasteiger partial charge in [-0.2, -0.15) is 0 Å². The number of aryl methyl sites for hydroxylation is 2. The molecule has 2 nitrogen and oxygen atoms in total. The molecule has 2 aliphatic heterocycles. The van der Waals surface area contributed by atoms with Crippen LogP contribution in [0.2, 0.25) is 0 Å². The Bertz CT molecular complexity index is 2060. The van der Waals surface area contributed by atoms with E-state index in [1.165, 1.54) is 77.7 Å². The standard InChI is InChI=1S/C44H36N2/c1-3-15-33(16-4-1)43-37-25-23-36(46-28-12-20-32-14-8-10-22-42(32)46)30-40(37)44(34-17-5-2-6-18-34)38-26-24-35(29-39(38)43)45-27-11-19-31-13-7-9-21-41(31)45/h1-10,13-18,21-26,29-30H,11-12,19-20,27-28H2. The summed E-state index contributed by atoms with van der Waals surface area (Å²) in [5.74, 6) is 0. The Balaban J connectivity index is 1.34. The number of rotatable bonds is 4. The molecule has 0 amide bonds. The highest BCUT2D eigenvalue weighted by molar-refractivity contribution is 6.22.